The van der Waals surface area contributed by atoms with Crippen molar-refractivity contribution in [1.29, 1.82) is 0 Å². The van der Waals surface area contributed by atoms with Gasteiger partial charge in [-0.1, -0.05) is 78.6 Å². The zero-order valence-electron chi connectivity index (χ0n) is 13.7. The number of hydrogen-bond acceptors (Lipinski definition) is 1. The Morgan fingerprint density at radius 1 is 0.947 bits per heavy atom. The first-order chi connectivity index (χ1) is 9.29. The molecule has 0 aromatic heterocycles. The van der Waals surface area contributed by atoms with Crippen molar-refractivity contribution in [2.45, 2.75) is 97.4 Å². The maximum absolute atomic E-state index is 3.77. The Balaban J connectivity index is 2.12. The summed E-state index contributed by atoms with van der Waals surface area (Å²) in [5.41, 5.74) is 0. The third-order valence-electron chi connectivity index (χ3n) is 5.03. The molecule has 1 nitrogen and oxygen atoms in total. The van der Waals surface area contributed by atoms with E-state index in [1.807, 2.05) is 0 Å². The first-order valence-corrected chi connectivity index (χ1v) is 9.03. The highest BCUT2D eigenvalue weighted by Gasteiger charge is 2.29. The SMILES string of the molecule is CCCCCCCCCC(NCC)C1CCCC1C. The van der Waals surface area contributed by atoms with E-state index in [-0.39, 0.29) is 0 Å². The van der Waals surface area contributed by atoms with Gasteiger partial charge in [0.25, 0.3) is 0 Å². The van der Waals surface area contributed by atoms with Crippen LogP contribution in [0.25, 0.3) is 0 Å². The molecule has 0 saturated heterocycles. The molecule has 1 aliphatic carbocycles. The van der Waals surface area contributed by atoms with Crippen LogP contribution in [0.15, 0.2) is 0 Å². The Hall–Kier alpha value is -0.0400. The second kappa shape index (κ2) is 10.7. The fraction of sp³-hybridized carbons (Fsp3) is 1.00. The van der Waals surface area contributed by atoms with Crippen LogP contribution < -0.4 is 5.32 Å². The zero-order chi connectivity index (χ0) is 13.9. The highest BCUT2D eigenvalue weighted by Crippen LogP contribution is 2.35. The summed E-state index contributed by atoms with van der Waals surface area (Å²) in [5, 5.41) is 3.77. The minimum Gasteiger partial charge on any atom is -0.314 e. The molecular formula is C18H37N. The lowest BCUT2D eigenvalue weighted by Gasteiger charge is -2.27. The van der Waals surface area contributed by atoms with E-state index in [1.165, 1.54) is 70.6 Å². The smallest absolute Gasteiger partial charge is 0.00977 e. The Morgan fingerprint density at radius 2 is 1.63 bits per heavy atom. The second-order valence-corrected chi connectivity index (χ2v) is 6.65. The van der Waals surface area contributed by atoms with Crippen molar-refractivity contribution >= 4 is 0 Å². The summed E-state index contributed by atoms with van der Waals surface area (Å²) in [6, 6.07) is 0.804. The van der Waals surface area contributed by atoms with E-state index in [9.17, 15) is 0 Å². The molecule has 1 rings (SSSR count). The van der Waals surface area contributed by atoms with Gasteiger partial charge in [-0.3, -0.25) is 0 Å². The molecule has 3 atom stereocenters. The Morgan fingerprint density at radius 3 is 2.21 bits per heavy atom. The van der Waals surface area contributed by atoms with Crippen LogP contribution >= 0.6 is 0 Å². The molecule has 0 aromatic carbocycles. The summed E-state index contributed by atoms with van der Waals surface area (Å²) in [7, 11) is 0. The zero-order valence-corrected chi connectivity index (χ0v) is 13.7. The molecule has 1 fully saturated rings. The lowest BCUT2D eigenvalue weighted by Crippen LogP contribution is -2.37. The molecule has 0 bridgehead atoms. The predicted octanol–water partition coefficient (Wildman–Crippen LogP) is 5.54. The minimum absolute atomic E-state index is 0.804. The second-order valence-electron chi connectivity index (χ2n) is 6.65. The van der Waals surface area contributed by atoms with Gasteiger partial charge < -0.3 is 5.32 Å². The van der Waals surface area contributed by atoms with Gasteiger partial charge in [0.05, 0.1) is 0 Å². The van der Waals surface area contributed by atoms with Crippen LogP contribution in [0.4, 0.5) is 0 Å². The largest absolute Gasteiger partial charge is 0.314 e. The number of hydrogen-bond donors (Lipinski definition) is 1. The standard InChI is InChI=1S/C18H37N/c1-4-6-7-8-9-10-11-15-18(19-5-2)17-14-12-13-16(17)3/h16-19H,4-15H2,1-3H3. The summed E-state index contributed by atoms with van der Waals surface area (Å²) in [6.07, 6.45) is 15.9. The minimum atomic E-state index is 0.804. The van der Waals surface area contributed by atoms with Gasteiger partial charge in [0, 0.05) is 6.04 Å². The molecule has 0 aliphatic heterocycles. The van der Waals surface area contributed by atoms with Crippen LogP contribution in [0.5, 0.6) is 0 Å². The van der Waals surface area contributed by atoms with Gasteiger partial charge in [-0.2, -0.15) is 0 Å². The van der Waals surface area contributed by atoms with E-state index >= 15 is 0 Å². The number of rotatable bonds is 11. The lowest BCUT2D eigenvalue weighted by molar-refractivity contribution is 0.281. The third-order valence-corrected chi connectivity index (χ3v) is 5.03. The van der Waals surface area contributed by atoms with Crippen molar-refractivity contribution in [3.8, 4) is 0 Å². The molecular weight excluding hydrogens is 230 g/mol. The number of nitrogens with one attached hydrogen (secondary N) is 1. The summed E-state index contributed by atoms with van der Waals surface area (Å²) in [5.74, 6) is 1.91. The van der Waals surface area contributed by atoms with Crippen LogP contribution in [-0.2, 0) is 0 Å². The third kappa shape index (κ3) is 6.79. The maximum Gasteiger partial charge on any atom is 0.00977 e. The molecule has 0 amide bonds. The van der Waals surface area contributed by atoms with Gasteiger partial charge in [-0.05, 0) is 31.2 Å². The molecule has 1 N–H and O–H groups in total. The molecule has 0 aromatic rings. The van der Waals surface area contributed by atoms with Crippen molar-refractivity contribution < 1.29 is 0 Å². The maximum atomic E-state index is 3.77. The quantitative estimate of drug-likeness (QED) is 0.485. The summed E-state index contributed by atoms with van der Waals surface area (Å²) in [4.78, 5) is 0. The average Bonchev–Trinajstić information content (AvgIpc) is 2.82. The van der Waals surface area contributed by atoms with Gasteiger partial charge in [-0.25, -0.2) is 0 Å². The van der Waals surface area contributed by atoms with E-state index < -0.39 is 0 Å². The molecule has 0 spiro atoms. The predicted molar refractivity (Wildman–Crippen MR) is 86.6 cm³/mol. The van der Waals surface area contributed by atoms with Gasteiger partial charge in [0.15, 0.2) is 0 Å². The van der Waals surface area contributed by atoms with Gasteiger partial charge >= 0.3 is 0 Å². The van der Waals surface area contributed by atoms with Crippen LogP contribution in [0.3, 0.4) is 0 Å². The van der Waals surface area contributed by atoms with Gasteiger partial charge in [0.2, 0.25) is 0 Å². The average molecular weight is 268 g/mol. The molecule has 0 heterocycles. The summed E-state index contributed by atoms with van der Waals surface area (Å²) >= 11 is 0. The lowest BCUT2D eigenvalue weighted by atomic mass is 9.87. The van der Waals surface area contributed by atoms with Crippen LogP contribution in [0.1, 0.15) is 91.4 Å². The normalized spacial score (nSPS) is 24.8. The molecule has 3 unspecified atom stereocenters. The van der Waals surface area contributed by atoms with Gasteiger partial charge in [-0.15, -0.1) is 0 Å². The van der Waals surface area contributed by atoms with Crippen molar-refractivity contribution in [3.05, 3.63) is 0 Å². The fourth-order valence-electron chi connectivity index (χ4n) is 3.82. The van der Waals surface area contributed by atoms with E-state index in [1.54, 1.807) is 0 Å². The highest BCUT2D eigenvalue weighted by atomic mass is 14.9. The fourth-order valence-corrected chi connectivity index (χ4v) is 3.82. The molecule has 1 heteroatoms. The van der Waals surface area contributed by atoms with E-state index in [0.29, 0.717) is 0 Å². The van der Waals surface area contributed by atoms with Crippen LogP contribution in [0.2, 0.25) is 0 Å². The molecule has 1 aliphatic rings. The highest BCUT2D eigenvalue weighted by molar-refractivity contribution is 4.84. The molecule has 0 radical (unpaired) electrons. The van der Waals surface area contributed by atoms with E-state index in [2.05, 4.69) is 26.1 Å². The first kappa shape index (κ1) is 17.0. The molecule has 114 valence electrons. The van der Waals surface area contributed by atoms with Crippen LogP contribution in [0, 0.1) is 11.8 Å². The van der Waals surface area contributed by atoms with Crippen molar-refractivity contribution in [2.24, 2.45) is 11.8 Å². The Bertz CT molecular complexity index is 202. The van der Waals surface area contributed by atoms with Crippen molar-refractivity contribution in [1.82, 2.24) is 5.32 Å². The van der Waals surface area contributed by atoms with Gasteiger partial charge in [0.1, 0.15) is 0 Å². The van der Waals surface area contributed by atoms with Crippen LogP contribution in [-0.4, -0.2) is 12.6 Å². The molecule has 19 heavy (non-hydrogen) atoms. The summed E-state index contributed by atoms with van der Waals surface area (Å²) < 4.78 is 0. The molecule has 1 saturated carbocycles. The van der Waals surface area contributed by atoms with E-state index in [0.717, 1.165) is 24.4 Å². The first-order valence-electron chi connectivity index (χ1n) is 9.03. The summed E-state index contributed by atoms with van der Waals surface area (Å²) in [6.45, 7) is 8.16. The Kier molecular flexibility index (Phi) is 9.59. The number of unbranched alkanes of at least 4 members (excludes halogenated alkanes) is 6. The Labute approximate surface area is 121 Å². The monoisotopic (exact) mass is 267 g/mol. The van der Waals surface area contributed by atoms with Crippen molar-refractivity contribution in [2.75, 3.05) is 6.54 Å². The van der Waals surface area contributed by atoms with Crippen molar-refractivity contribution in [3.63, 3.8) is 0 Å². The topological polar surface area (TPSA) is 12.0 Å². The van der Waals surface area contributed by atoms with E-state index in [4.69, 9.17) is 0 Å².